The van der Waals surface area contributed by atoms with Crippen LogP contribution in [0.3, 0.4) is 0 Å². The number of hydrogen-bond donors (Lipinski definition) is 1. The standard InChI is InChI=1S/C17H13Cl2FN4O/c18-14-6-15(19)16(20)5-13(14)17(25)22-7-11-3-1-2-4-12(11)8-24-10-21-9-23-24/h1-6,9-10H,7-8H2,(H,22,25). The lowest BCUT2D eigenvalue weighted by Gasteiger charge is -2.11. The van der Waals surface area contributed by atoms with Gasteiger partial charge in [0.2, 0.25) is 0 Å². The smallest absolute Gasteiger partial charge is 0.253 e. The van der Waals surface area contributed by atoms with E-state index in [4.69, 9.17) is 23.2 Å². The normalized spacial score (nSPS) is 10.7. The molecule has 0 atom stereocenters. The molecule has 1 N–H and O–H groups in total. The van der Waals surface area contributed by atoms with Crippen molar-refractivity contribution in [1.82, 2.24) is 20.1 Å². The second-order valence-corrected chi connectivity index (χ2v) is 6.11. The van der Waals surface area contributed by atoms with E-state index in [1.54, 1.807) is 11.0 Å². The number of benzene rings is 2. The Labute approximate surface area is 153 Å². The van der Waals surface area contributed by atoms with Crippen LogP contribution in [0.2, 0.25) is 10.0 Å². The first-order valence-electron chi connectivity index (χ1n) is 7.36. The Bertz CT molecular complexity index is 900. The molecule has 0 saturated carbocycles. The molecule has 0 saturated heterocycles. The zero-order chi connectivity index (χ0) is 17.8. The van der Waals surface area contributed by atoms with Gasteiger partial charge in [-0.05, 0) is 23.3 Å². The van der Waals surface area contributed by atoms with Gasteiger partial charge in [-0.25, -0.2) is 14.1 Å². The molecule has 25 heavy (non-hydrogen) atoms. The van der Waals surface area contributed by atoms with Crippen LogP contribution in [0.15, 0.2) is 49.1 Å². The number of nitrogens with one attached hydrogen (secondary N) is 1. The van der Waals surface area contributed by atoms with E-state index in [2.05, 4.69) is 15.4 Å². The molecule has 0 bridgehead atoms. The van der Waals surface area contributed by atoms with Crippen molar-refractivity contribution in [3.8, 4) is 0 Å². The molecular weight excluding hydrogens is 366 g/mol. The maximum absolute atomic E-state index is 13.6. The maximum Gasteiger partial charge on any atom is 0.253 e. The minimum Gasteiger partial charge on any atom is -0.348 e. The van der Waals surface area contributed by atoms with E-state index >= 15 is 0 Å². The highest BCUT2D eigenvalue weighted by atomic mass is 35.5. The molecule has 0 aliphatic rings. The van der Waals surface area contributed by atoms with E-state index in [0.717, 1.165) is 17.2 Å². The molecule has 0 aliphatic carbocycles. The largest absolute Gasteiger partial charge is 0.348 e. The predicted molar refractivity (Wildman–Crippen MR) is 93.2 cm³/mol. The predicted octanol–water partition coefficient (Wildman–Crippen LogP) is 3.70. The van der Waals surface area contributed by atoms with E-state index in [1.807, 2.05) is 24.3 Å². The van der Waals surface area contributed by atoms with Crippen molar-refractivity contribution >= 4 is 29.1 Å². The minimum atomic E-state index is -0.692. The monoisotopic (exact) mass is 378 g/mol. The van der Waals surface area contributed by atoms with Crippen LogP contribution in [-0.4, -0.2) is 20.7 Å². The Morgan fingerprint density at radius 1 is 1.16 bits per heavy atom. The van der Waals surface area contributed by atoms with Crippen LogP contribution in [0.5, 0.6) is 0 Å². The van der Waals surface area contributed by atoms with E-state index in [0.29, 0.717) is 6.54 Å². The van der Waals surface area contributed by atoms with Crippen molar-refractivity contribution < 1.29 is 9.18 Å². The third-order valence-corrected chi connectivity index (χ3v) is 4.21. The molecule has 3 rings (SSSR count). The molecule has 0 aliphatic heterocycles. The van der Waals surface area contributed by atoms with Gasteiger partial charge in [0, 0.05) is 6.54 Å². The van der Waals surface area contributed by atoms with Crippen LogP contribution in [0.25, 0.3) is 0 Å². The second kappa shape index (κ2) is 7.63. The first kappa shape index (κ1) is 17.4. The fourth-order valence-electron chi connectivity index (χ4n) is 2.34. The number of carbonyl (C=O) groups excluding carboxylic acids is 1. The van der Waals surface area contributed by atoms with E-state index < -0.39 is 11.7 Å². The summed E-state index contributed by atoms with van der Waals surface area (Å²) < 4.78 is 15.3. The Hall–Kier alpha value is -2.44. The summed E-state index contributed by atoms with van der Waals surface area (Å²) in [4.78, 5) is 16.2. The molecule has 1 amide bonds. The van der Waals surface area contributed by atoms with Crippen molar-refractivity contribution in [2.75, 3.05) is 0 Å². The zero-order valence-corrected chi connectivity index (χ0v) is 14.4. The molecule has 2 aromatic carbocycles. The number of rotatable bonds is 5. The van der Waals surface area contributed by atoms with E-state index in [9.17, 15) is 9.18 Å². The molecule has 0 radical (unpaired) electrons. The van der Waals surface area contributed by atoms with E-state index in [1.165, 1.54) is 12.4 Å². The summed E-state index contributed by atoms with van der Waals surface area (Å²) in [5.41, 5.74) is 1.94. The summed E-state index contributed by atoms with van der Waals surface area (Å²) in [6, 6.07) is 9.87. The minimum absolute atomic E-state index is 0.0392. The Morgan fingerprint density at radius 3 is 2.64 bits per heavy atom. The van der Waals surface area contributed by atoms with Gasteiger partial charge in [-0.3, -0.25) is 4.79 Å². The third-order valence-electron chi connectivity index (χ3n) is 3.61. The van der Waals surface area contributed by atoms with Crippen molar-refractivity contribution in [1.29, 1.82) is 0 Å². The maximum atomic E-state index is 13.6. The fourth-order valence-corrected chi connectivity index (χ4v) is 2.81. The Morgan fingerprint density at radius 2 is 1.92 bits per heavy atom. The molecule has 8 heteroatoms. The molecule has 0 spiro atoms. The average Bonchev–Trinajstić information content (AvgIpc) is 3.10. The van der Waals surface area contributed by atoms with Crippen molar-refractivity contribution in [2.24, 2.45) is 0 Å². The summed E-state index contributed by atoms with van der Waals surface area (Å²) in [6.07, 6.45) is 3.08. The van der Waals surface area contributed by atoms with Gasteiger partial charge in [0.1, 0.15) is 18.5 Å². The molecule has 0 fully saturated rings. The third kappa shape index (κ3) is 4.15. The molecule has 1 heterocycles. The summed E-state index contributed by atoms with van der Waals surface area (Å²) in [6.45, 7) is 0.798. The van der Waals surface area contributed by atoms with Crippen LogP contribution < -0.4 is 5.32 Å². The van der Waals surface area contributed by atoms with Crippen LogP contribution in [-0.2, 0) is 13.1 Å². The van der Waals surface area contributed by atoms with Crippen molar-refractivity contribution in [3.05, 3.63) is 81.6 Å². The highest BCUT2D eigenvalue weighted by molar-refractivity contribution is 6.36. The van der Waals surface area contributed by atoms with Crippen LogP contribution >= 0.6 is 23.2 Å². The highest BCUT2D eigenvalue weighted by Gasteiger charge is 2.14. The number of hydrogen-bond acceptors (Lipinski definition) is 3. The van der Waals surface area contributed by atoms with Gasteiger partial charge in [0.05, 0.1) is 22.2 Å². The van der Waals surface area contributed by atoms with Crippen molar-refractivity contribution in [3.63, 3.8) is 0 Å². The highest BCUT2D eigenvalue weighted by Crippen LogP contribution is 2.24. The van der Waals surface area contributed by atoms with Gasteiger partial charge in [0.15, 0.2) is 0 Å². The van der Waals surface area contributed by atoms with Gasteiger partial charge in [-0.15, -0.1) is 0 Å². The number of nitrogens with zero attached hydrogens (tertiary/aromatic N) is 3. The van der Waals surface area contributed by atoms with Gasteiger partial charge in [-0.1, -0.05) is 47.5 Å². The van der Waals surface area contributed by atoms with E-state index in [-0.39, 0.29) is 22.2 Å². The summed E-state index contributed by atoms with van der Waals surface area (Å²) in [7, 11) is 0. The molecule has 128 valence electrons. The summed E-state index contributed by atoms with van der Waals surface area (Å²) in [5, 5.41) is 6.79. The average molecular weight is 379 g/mol. The molecular formula is C17H13Cl2FN4O. The Kier molecular flexibility index (Phi) is 5.31. The van der Waals surface area contributed by atoms with Gasteiger partial charge < -0.3 is 5.32 Å². The number of halogens is 3. The SMILES string of the molecule is O=C(NCc1ccccc1Cn1cncn1)c1cc(F)c(Cl)cc1Cl. The molecule has 0 unspecified atom stereocenters. The van der Waals surface area contributed by atoms with Gasteiger partial charge in [0.25, 0.3) is 5.91 Å². The van der Waals surface area contributed by atoms with Gasteiger partial charge >= 0.3 is 0 Å². The lowest BCUT2D eigenvalue weighted by Crippen LogP contribution is -2.24. The molecule has 3 aromatic rings. The lowest BCUT2D eigenvalue weighted by atomic mass is 10.1. The first-order valence-corrected chi connectivity index (χ1v) is 8.12. The zero-order valence-electron chi connectivity index (χ0n) is 12.9. The number of aromatic nitrogens is 3. The first-order chi connectivity index (χ1) is 12.0. The van der Waals surface area contributed by atoms with Crippen molar-refractivity contribution in [2.45, 2.75) is 13.1 Å². The number of amides is 1. The summed E-state index contributed by atoms with van der Waals surface area (Å²) in [5.74, 6) is -1.17. The van der Waals surface area contributed by atoms with Crippen LogP contribution in [0, 0.1) is 5.82 Å². The topological polar surface area (TPSA) is 59.8 Å². The Balaban J connectivity index is 1.74. The number of carbonyl (C=O) groups is 1. The summed E-state index contributed by atoms with van der Waals surface area (Å²) >= 11 is 11.6. The van der Waals surface area contributed by atoms with Crippen LogP contribution in [0.4, 0.5) is 4.39 Å². The molecule has 1 aromatic heterocycles. The fraction of sp³-hybridized carbons (Fsp3) is 0.118. The van der Waals surface area contributed by atoms with Gasteiger partial charge in [-0.2, -0.15) is 5.10 Å². The molecule has 5 nitrogen and oxygen atoms in total. The van der Waals surface area contributed by atoms with Crippen LogP contribution in [0.1, 0.15) is 21.5 Å². The lowest BCUT2D eigenvalue weighted by molar-refractivity contribution is 0.0950. The quantitative estimate of drug-likeness (QED) is 0.688. The second-order valence-electron chi connectivity index (χ2n) is 5.29.